The van der Waals surface area contributed by atoms with Gasteiger partial charge in [-0.1, -0.05) is 30.3 Å². The Bertz CT molecular complexity index is 967. The van der Waals surface area contributed by atoms with Crippen LogP contribution in [-0.4, -0.2) is 58.3 Å². The first kappa shape index (κ1) is 22.4. The molecular weight excluding hydrogens is 424 g/mol. The van der Waals surface area contributed by atoms with Crippen molar-refractivity contribution in [3.05, 3.63) is 65.7 Å². The minimum Gasteiger partial charge on any atom is -0.369 e. The summed E-state index contributed by atoms with van der Waals surface area (Å²) in [7, 11) is 0. The van der Waals surface area contributed by atoms with Crippen LogP contribution in [0.5, 0.6) is 0 Å². The summed E-state index contributed by atoms with van der Waals surface area (Å²) in [4.78, 5) is 41.1. The van der Waals surface area contributed by atoms with Crippen molar-refractivity contribution in [2.45, 2.75) is 25.4 Å². The number of primary amides is 1. The largest absolute Gasteiger partial charge is 0.369 e. The molecular formula is C24H28N4O3S. The average molecular weight is 453 g/mol. The molecule has 2 atom stereocenters. The molecule has 0 spiro atoms. The summed E-state index contributed by atoms with van der Waals surface area (Å²) < 4.78 is 0. The zero-order chi connectivity index (χ0) is 22.5. The number of piperidine rings is 1. The summed E-state index contributed by atoms with van der Waals surface area (Å²) >= 11 is 1.58. The third kappa shape index (κ3) is 5.31. The van der Waals surface area contributed by atoms with Gasteiger partial charge in [-0.25, -0.2) is 0 Å². The maximum absolute atomic E-state index is 12.9. The van der Waals surface area contributed by atoms with Crippen LogP contribution in [0.25, 0.3) is 0 Å². The van der Waals surface area contributed by atoms with Gasteiger partial charge in [0, 0.05) is 30.1 Å². The van der Waals surface area contributed by atoms with E-state index in [1.807, 2.05) is 42.5 Å². The minimum absolute atomic E-state index is 0.0758. The number of anilines is 1. The molecule has 1 unspecified atom stereocenters. The van der Waals surface area contributed by atoms with Crippen LogP contribution in [0.15, 0.2) is 54.6 Å². The first-order valence-electron chi connectivity index (χ1n) is 10.9. The molecule has 0 aromatic heterocycles. The second-order valence-corrected chi connectivity index (χ2v) is 9.32. The summed E-state index contributed by atoms with van der Waals surface area (Å²) in [5, 5.41) is 2.95. The number of amides is 3. The van der Waals surface area contributed by atoms with Gasteiger partial charge in [-0.2, -0.15) is 0 Å². The van der Waals surface area contributed by atoms with Crippen LogP contribution >= 0.6 is 11.8 Å². The molecule has 0 bridgehead atoms. The van der Waals surface area contributed by atoms with Crippen molar-refractivity contribution in [1.29, 1.82) is 0 Å². The van der Waals surface area contributed by atoms with Gasteiger partial charge in [0.05, 0.1) is 11.8 Å². The Morgan fingerprint density at radius 1 is 1.06 bits per heavy atom. The van der Waals surface area contributed by atoms with Crippen LogP contribution in [0.4, 0.5) is 5.69 Å². The lowest BCUT2D eigenvalue weighted by atomic mass is 9.97. The number of carbonyl (C=O) groups is 3. The van der Waals surface area contributed by atoms with Crippen molar-refractivity contribution in [1.82, 2.24) is 9.80 Å². The van der Waals surface area contributed by atoms with Gasteiger partial charge in [0.25, 0.3) is 5.91 Å². The van der Waals surface area contributed by atoms with Crippen LogP contribution in [0.3, 0.4) is 0 Å². The monoisotopic (exact) mass is 452 g/mol. The van der Waals surface area contributed by atoms with Gasteiger partial charge in [-0.3, -0.25) is 19.3 Å². The lowest BCUT2D eigenvalue weighted by Crippen LogP contribution is -2.44. The summed E-state index contributed by atoms with van der Waals surface area (Å²) in [5.41, 5.74) is 7.88. The predicted octanol–water partition coefficient (Wildman–Crippen LogP) is 2.54. The van der Waals surface area contributed by atoms with Gasteiger partial charge in [-0.05, 0) is 49.2 Å². The van der Waals surface area contributed by atoms with Gasteiger partial charge >= 0.3 is 0 Å². The molecule has 3 amide bonds. The lowest BCUT2D eigenvalue weighted by Gasteiger charge is -2.31. The second-order valence-electron chi connectivity index (χ2n) is 8.32. The number of benzene rings is 2. The van der Waals surface area contributed by atoms with E-state index in [1.165, 1.54) is 0 Å². The third-order valence-electron chi connectivity index (χ3n) is 6.00. The van der Waals surface area contributed by atoms with E-state index in [1.54, 1.807) is 28.8 Å². The van der Waals surface area contributed by atoms with Gasteiger partial charge in [0.15, 0.2) is 0 Å². The molecule has 0 radical (unpaired) electrons. The predicted molar refractivity (Wildman–Crippen MR) is 126 cm³/mol. The molecule has 3 N–H and O–H groups in total. The molecule has 2 fully saturated rings. The van der Waals surface area contributed by atoms with E-state index in [0.29, 0.717) is 29.4 Å². The average Bonchev–Trinajstić information content (AvgIpc) is 3.31. The maximum Gasteiger partial charge on any atom is 0.255 e. The quantitative estimate of drug-likeness (QED) is 0.702. The first-order valence-corrected chi connectivity index (χ1v) is 12.0. The summed E-state index contributed by atoms with van der Waals surface area (Å²) in [5.74, 6) is 0.491. The molecule has 2 heterocycles. The first-order chi connectivity index (χ1) is 15.5. The van der Waals surface area contributed by atoms with Gasteiger partial charge < -0.3 is 16.0 Å². The number of likely N-dealkylation sites (tertiary alicyclic amines) is 1. The molecule has 2 saturated heterocycles. The number of nitrogens with two attached hydrogens (primary N) is 1. The Balaban J connectivity index is 1.34. The summed E-state index contributed by atoms with van der Waals surface area (Å²) in [6.07, 6.45) is 1.83. The van der Waals surface area contributed by atoms with E-state index in [2.05, 4.69) is 10.2 Å². The fraction of sp³-hybridized carbons (Fsp3) is 0.375. The standard InChI is InChI=1S/C24H28N4O3S/c25-22(29)19-7-4-12-27(14-19)13-17-8-10-20(11-9-17)26-23(30)21-15-32-16-28(21)24(31)18-5-2-1-3-6-18/h1-3,5-6,8-11,19,21H,4,7,12-16H2,(H2,25,29)(H,26,30)/t19?,21-/m0/s1. The second kappa shape index (κ2) is 10.2. The molecule has 32 heavy (non-hydrogen) atoms. The van der Waals surface area contributed by atoms with Crippen LogP contribution in [0.1, 0.15) is 28.8 Å². The van der Waals surface area contributed by atoms with Gasteiger partial charge in [-0.15, -0.1) is 11.8 Å². The summed E-state index contributed by atoms with van der Waals surface area (Å²) in [6, 6.07) is 16.3. The third-order valence-corrected chi connectivity index (χ3v) is 7.01. The molecule has 8 heteroatoms. The SMILES string of the molecule is NC(=O)C1CCCN(Cc2ccc(NC(=O)[C@@H]3CSCN3C(=O)c3ccccc3)cc2)C1. The fourth-order valence-corrected chi connectivity index (χ4v) is 5.37. The molecule has 2 aliphatic heterocycles. The number of nitrogens with one attached hydrogen (secondary N) is 1. The van der Waals surface area contributed by atoms with Crippen molar-refractivity contribution < 1.29 is 14.4 Å². The molecule has 2 aromatic rings. The molecule has 2 aliphatic rings. The zero-order valence-electron chi connectivity index (χ0n) is 17.9. The van der Waals surface area contributed by atoms with Gasteiger partial charge in [0.1, 0.15) is 6.04 Å². The van der Waals surface area contributed by atoms with Crippen LogP contribution in [0, 0.1) is 5.92 Å². The fourth-order valence-electron chi connectivity index (χ4n) is 4.22. The van der Waals surface area contributed by atoms with E-state index in [4.69, 9.17) is 5.73 Å². The zero-order valence-corrected chi connectivity index (χ0v) is 18.7. The molecule has 168 valence electrons. The Morgan fingerprint density at radius 3 is 2.53 bits per heavy atom. The normalized spacial score (nSPS) is 21.3. The van der Waals surface area contributed by atoms with E-state index in [9.17, 15) is 14.4 Å². The van der Waals surface area contributed by atoms with Crippen molar-refractivity contribution in [3.63, 3.8) is 0 Å². The number of thioether (sulfide) groups is 1. The minimum atomic E-state index is -0.494. The Kier molecular flexibility index (Phi) is 7.12. The highest BCUT2D eigenvalue weighted by atomic mass is 32.2. The maximum atomic E-state index is 12.9. The number of carbonyl (C=O) groups excluding carboxylic acids is 3. The highest BCUT2D eigenvalue weighted by Gasteiger charge is 2.35. The van der Waals surface area contributed by atoms with E-state index in [-0.39, 0.29) is 23.6 Å². The van der Waals surface area contributed by atoms with Crippen molar-refractivity contribution in [2.24, 2.45) is 11.7 Å². The molecule has 2 aromatic carbocycles. The smallest absolute Gasteiger partial charge is 0.255 e. The van der Waals surface area contributed by atoms with Crippen LogP contribution in [-0.2, 0) is 16.1 Å². The van der Waals surface area contributed by atoms with E-state index in [0.717, 1.165) is 31.5 Å². The Labute approximate surface area is 192 Å². The number of hydrogen-bond acceptors (Lipinski definition) is 5. The van der Waals surface area contributed by atoms with Crippen molar-refractivity contribution in [2.75, 3.05) is 30.0 Å². The van der Waals surface area contributed by atoms with Crippen LogP contribution in [0.2, 0.25) is 0 Å². The molecule has 7 nitrogen and oxygen atoms in total. The number of hydrogen-bond donors (Lipinski definition) is 2. The topological polar surface area (TPSA) is 95.7 Å². The van der Waals surface area contributed by atoms with Crippen LogP contribution < -0.4 is 11.1 Å². The Hall–Kier alpha value is -2.84. The highest BCUT2D eigenvalue weighted by molar-refractivity contribution is 7.99. The van der Waals surface area contributed by atoms with E-state index < -0.39 is 6.04 Å². The number of nitrogens with zero attached hydrogens (tertiary/aromatic N) is 2. The summed E-state index contributed by atoms with van der Waals surface area (Å²) in [6.45, 7) is 2.39. The molecule has 0 saturated carbocycles. The number of rotatable bonds is 6. The molecule has 0 aliphatic carbocycles. The van der Waals surface area contributed by atoms with E-state index >= 15 is 0 Å². The van der Waals surface area contributed by atoms with Crippen molar-refractivity contribution >= 4 is 35.2 Å². The lowest BCUT2D eigenvalue weighted by molar-refractivity contribution is -0.123. The van der Waals surface area contributed by atoms with Gasteiger partial charge in [0.2, 0.25) is 11.8 Å². The highest BCUT2D eigenvalue weighted by Crippen LogP contribution is 2.25. The Morgan fingerprint density at radius 2 is 1.81 bits per heavy atom. The molecule has 4 rings (SSSR count). The van der Waals surface area contributed by atoms with Crippen molar-refractivity contribution in [3.8, 4) is 0 Å².